The molecule has 11 heteroatoms. The van der Waals surface area contributed by atoms with E-state index in [0.29, 0.717) is 59.8 Å². The highest BCUT2D eigenvalue weighted by molar-refractivity contribution is 6.35. The van der Waals surface area contributed by atoms with Crippen LogP contribution in [-0.4, -0.2) is 62.1 Å². The standard InChI is InChI=1S/C19H16Cl2F2N6O/c20-12-1-3-15(21)14(9-12)19(30)28-7-5-27(6-8-28)11-18-24-25-26-29(18)13-2-4-16(22)17(23)10-13/h1-4,9-10H,5-8,11H2. The molecule has 7 nitrogen and oxygen atoms in total. The molecule has 2 heterocycles. The molecule has 1 aromatic heterocycles. The summed E-state index contributed by atoms with van der Waals surface area (Å²) >= 11 is 12.1. The number of rotatable bonds is 4. The SMILES string of the molecule is O=C(c1cc(Cl)ccc1Cl)N1CCN(Cc2nnnn2-c2ccc(F)c(F)c2)CC1. The van der Waals surface area contributed by atoms with Crippen LogP contribution in [0.3, 0.4) is 0 Å². The van der Waals surface area contributed by atoms with E-state index in [4.69, 9.17) is 23.2 Å². The molecule has 4 rings (SSSR count). The number of nitrogens with zero attached hydrogens (tertiary/aromatic N) is 6. The van der Waals surface area contributed by atoms with Gasteiger partial charge in [-0.25, -0.2) is 8.78 Å². The topological polar surface area (TPSA) is 67.2 Å². The molecule has 3 aromatic rings. The third-order valence-electron chi connectivity index (χ3n) is 4.87. The molecule has 1 aliphatic rings. The molecule has 0 unspecified atom stereocenters. The van der Waals surface area contributed by atoms with Gasteiger partial charge >= 0.3 is 0 Å². The Bertz CT molecular complexity index is 1080. The molecule has 0 bridgehead atoms. The lowest BCUT2D eigenvalue weighted by molar-refractivity contribution is 0.0624. The molecule has 0 aliphatic carbocycles. The van der Waals surface area contributed by atoms with Crippen molar-refractivity contribution in [3.63, 3.8) is 0 Å². The number of hydrogen-bond acceptors (Lipinski definition) is 5. The number of tetrazole rings is 1. The Kier molecular flexibility index (Phi) is 5.94. The van der Waals surface area contributed by atoms with Crippen molar-refractivity contribution in [2.75, 3.05) is 26.2 Å². The fraction of sp³-hybridized carbons (Fsp3) is 0.263. The van der Waals surface area contributed by atoms with Crippen molar-refractivity contribution in [2.45, 2.75) is 6.54 Å². The van der Waals surface area contributed by atoms with Crippen LogP contribution >= 0.6 is 23.2 Å². The molecular weight excluding hydrogens is 437 g/mol. The minimum atomic E-state index is -0.972. The largest absolute Gasteiger partial charge is 0.336 e. The maximum Gasteiger partial charge on any atom is 0.255 e. The number of halogens is 4. The van der Waals surface area contributed by atoms with Gasteiger partial charge in [-0.3, -0.25) is 9.69 Å². The maximum atomic E-state index is 13.6. The molecule has 2 aromatic carbocycles. The normalized spacial score (nSPS) is 14.9. The third kappa shape index (κ3) is 4.28. The molecule has 0 radical (unpaired) electrons. The van der Waals surface area contributed by atoms with Gasteiger partial charge in [-0.15, -0.1) is 5.10 Å². The quantitative estimate of drug-likeness (QED) is 0.607. The zero-order valence-electron chi connectivity index (χ0n) is 15.6. The van der Waals surface area contributed by atoms with Gasteiger partial charge in [0.05, 0.1) is 22.8 Å². The van der Waals surface area contributed by atoms with Gasteiger partial charge in [0.1, 0.15) is 0 Å². The van der Waals surface area contributed by atoms with E-state index in [-0.39, 0.29) is 5.91 Å². The van der Waals surface area contributed by atoms with Crippen LogP contribution in [0.4, 0.5) is 8.78 Å². The molecule has 1 fully saturated rings. The molecule has 0 saturated carbocycles. The molecule has 0 spiro atoms. The summed E-state index contributed by atoms with van der Waals surface area (Å²) in [6.45, 7) is 2.57. The summed E-state index contributed by atoms with van der Waals surface area (Å²) in [6, 6.07) is 8.28. The van der Waals surface area contributed by atoms with Crippen LogP contribution in [-0.2, 0) is 6.54 Å². The Hall–Kier alpha value is -2.62. The van der Waals surface area contributed by atoms with Gasteiger partial charge in [0.15, 0.2) is 17.5 Å². The average Bonchev–Trinajstić information content (AvgIpc) is 3.20. The van der Waals surface area contributed by atoms with Crippen molar-refractivity contribution >= 4 is 29.1 Å². The van der Waals surface area contributed by atoms with Gasteiger partial charge in [0, 0.05) is 37.3 Å². The Balaban J connectivity index is 1.41. The van der Waals surface area contributed by atoms with E-state index in [2.05, 4.69) is 20.4 Å². The number of carbonyl (C=O) groups excluding carboxylic acids is 1. The first-order valence-electron chi connectivity index (χ1n) is 9.12. The number of hydrogen-bond donors (Lipinski definition) is 0. The van der Waals surface area contributed by atoms with Crippen molar-refractivity contribution in [1.82, 2.24) is 30.0 Å². The molecular formula is C19H16Cl2F2N6O. The van der Waals surface area contributed by atoms with Crippen LogP contribution in [0.15, 0.2) is 36.4 Å². The maximum absolute atomic E-state index is 13.6. The number of benzene rings is 2. The highest BCUT2D eigenvalue weighted by atomic mass is 35.5. The highest BCUT2D eigenvalue weighted by Gasteiger charge is 2.25. The summed E-state index contributed by atoms with van der Waals surface area (Å²) in [6.07, 6.45) is 0. The lowest BCUT2D eigenvalue weighted by atomic mass is 10.1. The Labute approximate surface area is 180 Å². The predicted molar refractivity (Wildman–Crippen MR) is 107 cm³/mol. The van der Waals surface area contributed by atoms with E-state index < -0.39 is 11.6 Å². The van der Waals surface area contributed by atoms with E-state index in [9.17, 15) is 13.6 Å². The first-order valence-corrected chi connectivity index (χ1v) is 9.87. The molecule has 30 heavy (non-hydrogen) atoms. The molecule has 1 amide bonds. The van der Waals surface area contributed by atoms with Crippen molar-refractivity contribution in [1.29, 1.82) is 0 Å². The van der Waals surface area contributed by atoms with Crippen LogP contribution in [0.5, 0.6) is 0 Å². The van der Waals surface area contributed by atoms with Gasteiger partial charge in [0.2, 0.25) is 0 Å². The lowest BCUT2D eigenvalue weighted by Crippen LogP contribution is -2.48. The Morgan fingerprint density at radius 3 is 2.50 bits per heavy atom. The predicted octanol–water partition coefficient (Wildman–Crippen LogP) is 3.21. The molecule has 0 N–H and O–H groups in total. The third-order valence-corrected chi connectivity index (χ3v) is 5.43. The summed E-state index contributed by atoms with van der Waals surface area (Å²) in [7, 11) is 0. The Morgan fingerprint density at radius 2 is 1.77 bits per heavy atom. The minimum absolute atomic E-state index is 0.172. The van der Waals surface area contributed by atoms with E-state index >= 15 is 0 Å². The minimum Gasteiger partial charge on any atom is -0.336 e. The van der Waals surface area contributed by atoms with Crippen molar-refractivity contribution in [3.8, 4) is 5.69 Å². The van der Waals surface area contributed by atoms with Gasteiger partial charge in [-0.2, -0.15) is 4.68 Å². The first kappa shape index (κ1) is 20.6. The van der Waals surface area contributed by atoms with E-state index in [1.165, 1.54) is 10.7 Å². The van der Waals surface area contributed by atoms with Gasteiger partial charge < -0.3 is 4.90 Å². The van der Waals surface area contributed by atoms with Crippen LogP contribution in [0.25, 0.3) is 5.69 Å². The van der Waals surface area contributed by atoms with Gasteiger partial charge in [-0.1, -0.05) is 23.2 Å². The molecule has 1 aliphatic heterocycles. The zero-order valence-corrected chi connectivity index (χ0v) is 17.1. The summed E-state index contributed by atoms with van der Waals surface area (Å²) < 4.78 is 28.1. The Morgan fingerprint density at radius 1 is 1.00 bits per heavy atom. The van der Waals surface area contributed by atoms with Crippen LogP contribution in [0.1, 0.15) is 16.2 Å². The van der Waals surface area contributed by atoms with Crippen LogP contribution in [0.2, 0.25) is 10.0 Å². The van der Waals surface area contributed by atoms with E-state index in [1.807, 2.05) is 0 Å². The zero-order chi connectivity index (χ0) is 21.3. The molecule has 1 saturated heterocycles. The van der Waals surface area contributed by atoms with Gasteiger partial charge in [0.25, 0.3) is 5.91 Å². The van der Waals surface area contributed by atoms with Crippen molar-refractivity contribution in [2.24, 2.45) is 0 Å². The smallest absolute Gasteiger partial charge is 0.255 e. The van der Waals surface area contributed by atoms with Crippen LogP contribution in [0, 0.1) is 11.6 Å². The monoisotopic (exact) mass is 452 g/mol. The number of piperazine rings is 1. The van der Waals surface area contributed by atoms with E-state index in [1.54, 1.807) is 23.1 Å². The average molecular weight is 453 g/mol. The van der Waals surface area contributed by atoms with E-state index in [0.717, 1.165) is 12.1 Å². The molecule has 0 atom stereocenters. The number of aromatic nitrogens is 4. The van der Waals surface area contributed by atoms with Gasteiger partial charge in [-0.05, 0) is 40.8 Å². The van der Waals surface area contributed by atoms with Crippen molar-refractivity contribution in [3.05, 3.63) is 69.5 Å². The summed E-state index contributed by atoms with van der Waals surface area (Å²) in [5.74, 6) is -1.60. The van der Waals surface area contributed by atoms with Crippen LogP contribution < -0.4 is 0 Å². The summed E-state index contributed by atoms with van der Waals surface area (Å²) in [5.41, 5.74) is 0.707. The lowest BCUT2D eigenvalue weighted by Gasteiger charge is -2.34. The fourth-order valence-corrected chi connectivity index (χ4v) is 3.63. The fourth-order valence-electron chi connectivity index (χ4n) is 3.26. The molecule has 156 valence electrons. The first-order chi connectivity index (χ1) is 14.4. The second-order valence-corrected chi connectivity index (χ2v) is 7.64. The second-order valence-electron chi connectivity index (χ2n) is 6.80. The number of carbonyl (C=O) groups is 1. The summed E-state index contributed by atoms with van der Waals surface area (Å²) in [4.78, 5) is 16.5. The summed E-state index contributed by atoms with van der Waals surface area (Å²) in [5, 5.41) is 12.3. The number of amides is 1. The highest BCUT2D eigenvalue weighted by Crippen LogP contribution is 2.23. The van der Waals surface area contributed by atoms with Crippen molar-refractivity contribution < 1.29 is 13.6 Å². The second kappa shape index (κ2) is 8.63.